The predicted octanol–water partition coefficient (Wildman–Crippen LogP) is 2.85. The molecule has 0 spiro atoms. The Morgan fingerprint density at radius 1 is 1.20 bits per heavy atom. The summed E-state index contributed by atoms with van der Waals surface area (Å²) in [5, 5.41) is 9.80. The summed E-state index contributed by atoms with van der Waals surface area (Å²) < 4.78 is 20.6. The van der Waals surface area contributed by atoms with Crippen molar-refractivity contribution in [3.8, 4) is 28.4 Å². The SMILES string of the molecule is C/C=C/c1occ(-c2c(OC)cc(O)cc2C(=O)OC)c(=O)c1OC. The molecule has 0 saturated carbocycles. The van der Waals surface area contributed by atoms with Crippen LogP contribution in [-0.2, 0) is 4.74 Å². The maximum atomic E-state index is 12.8. The number of aromatic hydroxyl groups is 1. The molecule has 1 heterocycles. The number of carbonyl (C=O) groups is 1. The minimum atomic E-state index is -0.736. The molecule has 25 heavy (non-hydrogen) atoms. The van der Waals surface area contributed by atoms with Gasteiger partial charge in [-0.15, -0.1) is 0 Å². The zero-order chi connectivity index (χ0) is 18.6. The number of phenolic OH excluding ortho intramolecular Hbond substituents is 1. The van der Waals surface area contributed by atoms with E-state index in [0.29, 0.717) is 0 Å². The van der Waals surface area contributed by atoms with Crippen molar-refractivity contribution in [2.45, 2.75) is 6.92 Å². The largest absolute Gasteiger partial charge is 0.508 e. The summed E-state index contributed by atoms with van der Waals surface area (Å²) in [5.74, 6) is -0.589. The lowest BCUT2D eigenvalue weighted by atomic mass is 9.98. The third-order valence-corrected chi connectivity index (χ3v) is 3.48. The highest BCUT2D eigenvalue weighted by Crippen LogP contribution is 2.37. The Kier molecular flexibility index (Phi) is 5.49. The van der Waals surface area contributed by atoms with Crippen LogP contribution in [0.1, 0.15) is 23.0 Å². The average molecular weight is 346 g/mol. The summed E-state index contributed by atoms with van der Waals surface area (Å²) in [4.78, 5) is 24.9. The molecule has 0 unspecified atom stereocenters. The Morgan fingerprint density at radius 3 is 2.48 bits per heavy atom. The lowest BCUT2D eigenvalue weighted by Crippen LogP contribution is -2.13. The monoisotopic (exact) mass is 346 g/mol. The van der Waals surface area contributed by atoms with Gasteiger partial charge in [-0.25, -0.2) is 4.79 Å². The van der Waals surface area contributed by atoms with Crippen LogP contribution in [0.5, 0.6) is 17.2 Å². The molecule has 0 aliphatic heterocycles. The predicted molar refractivity (Wildman–Crippen MR) is 91.2 cm³/mol. The molecule has 2 aromatic rings. The number of hydrogen-bond acceptors (Lipinski definition) is 7. The first-order chi connectivity index (χ1) is 12.0. The first-order valence-corrected chi connectivity index (χ1v) is 7.30. The molecule has 0 bridgehead atoms. The van der Waals surface area contributed by atoms with E-state index in [9.17, 15) is 14.7 Å². The fraction of sp³-hybridized carbons (Fsp3) is 0.222. The summed E-state index contributed by atoms with van der Waals surface area (Å²) in [6.45, 7) is 1.77. The quantitative estimate of drug-likeness (QED) is 0.832. The van der Waals surface area contributed by atoms with Crippen LogP contribution in [0.2, 0.25) is 0 Å². The molecule has 0 aliphatic rings. The number of methoxy groups -OCH3 is 3. The standard InChI is InChI=1S/C18H18O7/c1-5-6-13-17(23-3)16(20)12(9-25-13)15-11(18(21)24-4)7-10(19)8-14(15)22-2/h5-9,19H,1-4H3/b6-5+. The molecule has 7 heteroatoms. The molecule has 1 aromatic heterocycles. The molecule has 0 saturated heterocycles. The van der Waals surface area contributed by atoms with Gasteiger partial charge in [0.2, 0.25) is 11.2 Å². The molecule has 0 fully saturated rings. The van der Waals surface area contributed by atoms with E-state index in [1.807, 2.05) is 0 Å². The van der Waals surface area contributed by atoms with E-state index >= 15 is 0 Å². The van der Waals surface area contributed by atoms with Crippen LogP contribution < -0.4 is 14.9 Å². The highest BCUT2D eigenvalue weighted by Gasteiger charge is 2.24. The summed E-state index contributed by atoms with van der Waals surface area (Å²) >= 11 is 0. The molecule has 7 nitrogen and oxygen atoms in total. The molecule has 1 aromatic carbocycles. The minimum absolute atomic E-state index is 0.0125. The Hall–Kier alpha value is -3.22. The van der Waals surface area contributed by atoms with Crippen molar-refractivity contribution in [1.29, 1.82) is 0 Å². The van der Waals surface area contributed by atoms with Gasteiger partial charge in [0.15, 0.2) is 5.76 Å². The normalized spacial score (nSPS) is 10.7. The smallest absolute Gasteiger partial charge is 0.338 e. The van der Waals surface area contributed by atoms with Crippen molar-refractivity contribution in [2.75, 3.05) is 21.3 Å². The fourth-order valence-electron chi connectivity index (χ4n) is 2.41. The molecule has 1 N–H and O–H groups in total. The fourth-order valence-corrected chi connectivity index (χ4v) is 2.41. The summed E-state index contributed by atoms with van der Waals surface area (Å²) in [6.07, 6.45) is 4.49. The zero-order valence-electron chi connectivity index (χ0n) is 14.3. The van der Waals surface area contributed by atoms with Crippen molar-refractivity contribution in [3.63, 3.8) is 0 Å². The van der Waals surface area contributed by atoms with Gasteiger partial charge in [-0.3, -0.25) is 4.79 Å². The number of ether oxygens (including phenoxy) is 3. The van der Waals surface area contributed by atoms with E-state index in [0.717, 1.165) is 0 Å². The second-order valence-electron chi connectivity index (χ2n) is 4.94. The second kappa shape index (κ2) is 7.57. The van der Waals surface area contributed by atoms with Gasteiger partial charge >= 0.3 is 5.97 Å². The van der Waals surface area contributed by atoms with E-state index in [2.05, 4.69) is 0 Å². The van der Waals surface area contributed by atoms with Crippen LogP contribution in [-0.4, -0.2) is 32.4 Å². The molecular formula is C18H18O7. The van der Waals surface area contributed by atoms with Gasteiger partial charge in [0, 0.05) is 11.6 Å². The average Bonchev–Trinajstić information content (AvgIpc) is 2.61. The zero-order valence-corrected chi connectivity index (χ0v) is 14.3. The number of benzene rings is 1. The third kappa shape index (κ3) is 3.35. The van der Waals surface area contributed by atoms with Crippen LogP contribution in [0.4, 0.5) is 0 Å². The second-order valence-corrected chi connectivity index (χ2v) is 4.94. The van der Waals surface area contributed by atoms with Crippen LogP contribution in [0.15, 0.2) is 33.7 Å². The van der Waals surface area contributed by atoms with Crippen LogP contribution in [0, 0.1) is 0 Å². The van der Waals surface area contributed by atoms with Gasteiger partial charge in [0.05, 0.1) is 32.5 Å². The highest BCUT2D eigenvalue weighted by atomic mass is 16.5. The topological polar surface area (TPSA) is 95.2 Å². The minimum Gasteiger partial charge on any atom is -0.508 e. The molecule has 0 aliphatic carbocycles. The molecular weight excluding hydrogens is 328 g/mol. The maximum Gasteiger partial charge on any atom is 0.338 e. The van der Waals surface area contributed by atoms with Gasteiger partial charge in [-0.2, -0.15) is 0 Å². The molecule has 132 valence electrons. The first kappa shape index (κ1) is 18.1. The number of rotatable bonds is 5. The molecule has 0 amide bonds. The van der Waals surface area contributed by atoms with E-state index in [4.69, 9.17) is 18.6 Å². The number of esters is 1. The Labute approximate surface area is 144 Å². The summed E-state index contributed by atoms with van der Waals surface area (Å²) in [7, 11) is 3.89. The number of carbonyl (C=O) groups excluding carboxylic acids is 1. The van der Waals surface area contributed by atoms with Gasteiger partial charge in [0.1, 0.15) is 17.8 Å². The van der Waals surface area contributed by atoms with Gasteiger partial charge in [-0.1, -0.05) is 6.08 Å². The number of allylic oxidation sites excluding steroid dienone is 1. The van der Waals surface area contributed by atoms with Gasteiger partial charge < -0.3 is 23.7 Å². The molecule has 0 atom stereocenters. The van der Waals surface area contributed by atoms with E-state index in [-0.39, 0.29) is 39.7 Å². The number of hydrogen-bond donors (Lipinski definition) is 1. The maximum absolute atomic E-state index is 12.8. The van der Waals surface area contributed by atoms with Crippen molar-refractivity contribution < 1.29 is 28.5 Å². The first-order valence-electron chi connectivity index (χ1n) is 7.30. The van der Waals surface area contributed by atoms with Gasteiger partial charge in [-0.05, 0) is 19.1 Å². The highest BCUT2D eigenvalue weighted by molar-refractivity contribution is 5.99. The van der Waals surface area contributed by atoms with E-state index < -0.39 is 11.4 Å². The van der Waals surface area contributed by atoms with E-state index in [1.54, 1.807) is 19.1 Å². The summed E-state index contributed by atoms with van der Waals surface area (Å²) in [5.41, 5.74) is -0.336. The number of phenols is 1. The van der Waals surface area contributed by atoms with Crippen molar-refractivity contribution in [1.82, 2.24) is 0 Å². The van der Waals surface area contributed by atoms with Crippen LogP contribution in [0.3, 0.4) is 0 Å². The van der Waals surface area contributed by atoms with Crippen molar-refractivity contribution in [3.05, 3.63) is 46.0 Å². The van der Waals surface area contributed by atoms with Crippen molar-refractivity contribution >= 4 is 12.0 Å². The Balaban J connectivity index is 2.86. The Bertz CT molecular complexity index is 878. The lowest BCUT2D eigenvalue weighted by molar-refractivity contribution is 0.0601. The molecule has 0 radical (unpaired) electrons. The van der Waals surface area contributed by atoms with Crippen molar-refractivity contribution in [2.24, 2.45) is 0 Å². The van der Waals surface area contributed by atoms with Gasteiger partial charge in [0.25, 0.3) is 0 Å². The van der Waals surface area contributed by atoms with E-state index in [1.165, 1.54) is 39.7 Å². The summed E-state index contributed by atoms with van der Waals surface area (Å²) in [6, 6.07) is 2.48. The van der Waals surface area contributed by atoms with Crippen LogP contribution >= 0.6 is 0 Å². The lowest BCUT2D eigenvalue weighted by Gasteiger charge is -2.14. The third-order valence-electron chi connectivity index (χ3n) is 3.48. The Morgan fingerprint density at radius 2 is 1.92 bits per heavy atom. The molecule has 2 rings (SSSR count). The van der Waals surface area contributed by atoms with Crippen LogP contribution in [0.25, 0.3) is 17.2 Å².